The van der Waals surface area contributed by atoms with E-state index in [1.807, 2.05) is 6.07 Å². The standard InChI is InChI=1S/C17H28N2O2/c1-5-19-10-6-7-15(12-19)18-13(2)14-8-9-16(20-3)17(11-14)21-4/h8-9,11,13,15,18H,5-7,10,12H2,1-4H3. The van der Waals surface area contributed by atoms with E-state index in [2.05, 4.69) is 36.2 Å². The third-order valence-electron chi connectivity index (χ3n) is 4.35. The first-order chi connectivity index (χ1) is 10.2. The third-order valence-corrected chi connectivity index (χ3v) is 4.35. The number of methoxy groups -OCH3 is 2. The first-order valence-corrected chi connectivity index (χ1v) is 7.88. The summed E-state index contributed by atoms with van der Waals surface area (Å²) >= 11 is 0. The van der Waals surface area contributed by atoms with Gasteiger partial charge in [0.05, 0.1) is 14.2 Å². The van der Waals surface area contributed by atoms with Crippen molar-refractivity contribution in [2.24, 2.45) is 0 Å². The summed E-state index contributed by atoms with van der Waals surface area (Å²) in [6, 6.07) is 7.04. The second-order valence-electron chi connectivity index (χ2n) is 5.74. The predicted octanol–water partition coefficient (Wildman–Crippen LogP) is 2.84. The highest BCUT2D eigenvalue weighted by Crippen LogP contribution is 2.30. The molecule has 2 atom stereocenters. The van der Waals surface area contributed by atoms with Gasteiger partial charge in [0.1, 0.15) is 0 Å². The minimum atomic E-state index is 0.312. The van der Waals surface area contributed by atoms with E-state index in [1.165, 1.54) is 24.9 Å². The highest BCUT2D eigenvalue weighted by Gasteiger charge is 2.21. The first kappa shape index (κ1) is 16.1. The zero-order chi connectivity index (χ0) is 15.2. The van der Waals surface area contributed by atoms with Crippen LogP contribution in [-0.4, -0.2) is 44.8 Å². The molecule has 1 aromatic rings. The number of likely N-dealkylation sites (N-methyl/N-ethyl adjacent to an activating group) is 1. The summed E-state index contributed by atoms with van der Waals surface area (Å²) in [5.74, 6) is 1.57. The molecule has 0 bridgehead atoms. The number of likely N-dealkylation sites (tertiary alicyclic amines) is 1. The number of hydrogen-bond acceptors (Lipinski definition) is 4. The van der Waals surface area contributed by atoms with Crippen molar-refractivity contribution in [2.75, 3.05) is 33.9 Å². The molecule has 118 valence electrons. The van der Waals surface area contributed by atoms with Crippen LogP contribution in [0.2, 0.25) is 0 Å². The minimum Gasteiger partial charge on any atom is -0.493 e. The summed E-state index contributed by atoms with van der Waals surface area (Å²) in [6.07, 6.45) is 2.54. The van der Waals surface area contributed by atoms with Gasteiger partial charge in [0.25, 0.3) is 0 Å². The lowest BCUT2D eigenvalue weighted by Gasteiger charge is -2.34. The molecule has 0 saturated carbocycles. The van der Waals surface area contributed by atoms with E-state index >= 15 is 0 Å². The molecule has 1 aliphatic rings. The van der Waals surface area contributed by atoms with Gasteiger partial charge in [0.15, 0.2) is 11.5 Å². The maximum Gasteiger partial charge on any atom is 0.161 e. The van der Waals surface area contributed by atoms with Gasteiger partial charge in [-0.3, -0.25) is 0 Å². The van der Waals surface area contributed by atoms with Crippen molar-refractivity contribution in [3.63, 3.8) is 0 Å². The maximum absolute atomic E-state index is 5.39. The Hall–Kier alpha value is -1.26. The number of nitrogens with zero attached hydrogens (tertiary/aromatic N) is 1. The lowest BCUT2D eigenvalue weighted by atomic mass is 10.0. The van der Waals surface area contributed by atoms with Crippen molar-refractivity contribution in [1.29, 1.82) is 0 Å². The van der Waals surface area contributed by atoms with Gasteiger partial charge in [-0.2, -0.15) is 0 Å². The molecular weight excluding hydrogens is 264 g/mol. The molecule has 1 saturated heterocycles. The molecule has 0 aromatic heterocycles. The molecule has 4 nitrogen and oxygen atoms in total. The zero-order valence-corrected chi connectivity index (χ0v) is 13.7. The van der Waals surface area contributed by atoms with Crippen LogP contribution in [0.25, 0.3) is 0 Å². The molecule has 0 aliphatic carbocycles. The average molecular weight is 292 g/mol. The van der Waals surface area contributed by atoms with Crippen molar-refractivity contribution in [3.8, 4) is 11.5 Å². The quantitative estimate of drug-likeness (QED) is 0.874. The number of benzene rings is 1. The Morgan fingerprint density at radius 1 is 1.29 bits per heavy atom. The summed E-state index contributed by atoms with van der Waals surface area (Å²) in [5, 5.41) is 3.75. The van der Waals surface area contributed by atoms with Gasteiger partial charge < -0.3 is 19.7 Å². The van der Waals surface area contributed by atoms with Gasteiger partial charge in [0, 0.05) is 18.6 Å². The van der Waals surface area contributed by atoms with Crippen LogP contribution >= 0.6 is 0 Å². The Bertz CT molecular complexity index is 450. The molecule has 1 heterocycles. The average Bonchev–Trinajstić information content (AvgIpc) is 2.54. The molecule has 1 N–H and O–H groups in total. The molecule has 0 spiro atoms. The summed E-state index contributed by atoms with van der Waals surface area (Å²) in [4.78, 5) is 2.52. The fraction of sp³-hybridized carbons (Fsp3) is 0.647. The number of hydrogen-bond donors (Lipinski definition) is 1. The van der Waals surface area contributed by atoms with Gasteiger partial charge in [0.2, 0.25) is 0 Å². The summed E-state index contributed by atoms with van der Waals surface area (Å²) in [7, 11) is 3.35. The lowest BCUT2D eigenvalue weighted by Crippen LogP contribution is -2.46. The van der Waals surface area contributed by atoms with Crippen LogP contribution in [0.5, 0.6) is 11.5 Å². The van der Waals surface area contributed by atoms with Crippen molar-refractivity contribution < 1.29 is 9.47 Å². The Morgan fingerprint density at radius 2 is 2.05 bits per heavy atom. The fourth-order valence-electron chi connectivity index (χ4n) is 3.05. The van der Waals surface area contributed by atoms with E-state index < -0.39 is 0 Å². The number of nitrogens with one attached hydrogen (secondary N) is 1. The third kappa shape index (κ3) is 4.11. The van der Waals surface area contributed by atoms with E-state index in [4.69, 9.17) is 9.47 Å². The Morgan fingerprint density at radius 3 is 2.71 bits per heavy atom. The molecular formula is C17H28N2O2. The van der Waals surface area contributed by atoms with E-state index in [0.29, 0.717) is 12.1 Å². The molecule has 2 unspecified atom stereocenters. The highest BCUT2D eigenvalue weighted by atomic mass is 16.5. The molecule has 1 aliphatic heterocycles. The van der Waals surface area contributed by atoms with Crippen LogP contribution in [0.1, 0.15) is 38.3 Å². The summed E-state index contributed by atoms with van der Waals surface area (Å²) in [6.45, 7) is 7.97. The number of rotatable bonds is 6. The number of ether oxygens (including phenoxy) is 2. The van der Waals surface area contributed by atoms with Gasteiger partial charge >= 0.3 is 0 Å². The van der Waals surface area contributed by atoms with Gasteiger partial charge in [-0.15, -0.1) is 0 Å². The Balaban J connectivity index is 2.01. The van der Waals surface area contributed by atoms with E-state index in [-0.39, 0.29) is 0 Å². The van der Waals surface area contributed by atoms with Gasteiger partial charge in [-0.05, 0) is 50.6 Å². The normalized spacial score (nSPS) is 21.0. The predicted molar refractivity (Wildman–Crippen MR) is 86.2 cm³/mol. The Labute approximate surface area is 128 Å². The lowest BCUT2D eigenvalue weighted by molar-refractivity contribution is 0.192. The molecule has 1 aromatic carbocycles. The number of piperidine rings is 1. The Kier molecular flexibility index (Phi) is 5.88. The van der Waals surface area contributed by atoms with E-state index in [1.54, 1.807) is 14.2 Å². The van der Waals surface area contributed by atoms with Crippen LogP contribution in [0.4, 0.5) is 0 Å². The molecule has 21 heavy (non-hydrogen) atoms. The first-order valence-electron chi connectivity index (χ1n) is 7.88. The smallest absolute Gasteiger partial charge is 0.161 e. The van der Waals surface area contributed by atoms with Crippen LogP contribution < -0.4 is 14.8 Å². The van der Waals surface area contributed by atoms with Crippen LogP contribution in [0.15, 0.2) is 18.2 Å². The molecule has 1 fully saturated rings. The molecule has 0 amide bonds. The largest absolute Gasteiger partial charge is 0.493 e. The van der Waals surface area contributed by atoms with Gasteiger partial charge in [-0.1, -0.05) is 13.0 Å². The summed E-state index contributed by atoms with van der Waals surface area (Å²) in [5.41, 5.74) is 1.24. The van der Waals surface area contributed by atoms with Crippen molar-refractivity contribution in [2.45, 2.75) is 38.8 Å². The SMILES string of the molecule is CCN1CCCC(NC(C)c2ccc(OC)c(OC)c2)C1. The van der Waals surface area contributed by atoms with Crippen LogP contribution in [0.3, 0.4) is 0 Å². The second kappa shape index (κ2) is 7.66. The molecule has 4 heteroatoms. The topological polar surface area (TPSA) is 33.7 Å². The zero-order valence-electron chi connectivity index (χ0n) is 13.7. The minimum absolute atomic E-state index is 0.312. The van der Waals surface area contributed by atoms with Crippen molar-refractivity contribution >= 4 is 0 Å². The second-order valence-corrected chi connectivity index (χ2v) is 5.74. The fourth-order valence-corrected chi connectivity index (χ4v) is 3.05. The van der Waals surface area contributed by atoms with Crippen molar-refractivity contribution in [3.05, 3.63) is 23.8 Å². The summed E-state index contributed by atoms with van der Waals surface area (Å²) < 4.78 is 10.7. The van der Waals surface area contributed by atoms with Crippen LogP contribution in [0, 0.1) is 0 Å². The molecule has 2 rings (SSSR count). The monoisotopic (exact) mass is 292 g/mol. The highest BCUT2D eigenvalue weighted by molar-refractivity contribution is 5.43. The van der Waals surface area contributed by atoms with Crippen LogP contribution in [-0.2, 0) is 0 Å². The van der Waals surface area contributed by atoms with Gasteiger partial charge in [-0.25, -0.2) is 0 Å². The maximum atomic E-state index is 5.39. The van der Waals surface area contributed by atoms with E-state index in [9.17, 15) is 0 Å². The molecule has 0 radical (unpaired) electrons. The van der Waals surface area contributed by atoms with E-state index in [0.717, 1.165) is 24.6 Å². The van der Waals surface area contributed by atoms with Crippen molar-refractivity contribution in [1.82, 2.24) is 10.2 Å².